The molecule has 2 aromatic heterocycles. The minimum atomic E-state index is 1.10. The van der Waals surface area contributed by atoms with Crippen molar-refractivity contribution < 1.29 is 0 Å². The van der Waals surface area contributed by atoms with Crippen LogP contribution in [0.5, 0.6) is 0 Å². The molecule has 0 aliphatic carbocycles. The summed E-state index contributed by atoms with van der Waals surface area (Å²) in [5, 5.41) is 18.5. The number of anilines is 5. The highest BCUT2D eigenvalue weighted by Crippen LogP contribution is 2.49. The first-order chi connectivity index (χ1) is 46.1. The minimum Gasteiger partial charge on any atom is -0.356 e. The van der Waals surface area contributed by atoms with E-state index in [1.54, 1.807) is 0 Å². The molecule has 0 radical (unpaired) electrons. The quantitative estimate of drug-likeness (QED) is 0.146. The Morgan fingerprint density at radius 2 is 0.570 bits per heavy atom. The third-order valence-corrected chi connectivity index (χ3v) is 18.7. The number of halogens is 1. The van der Waals surface area contributed by atoms with Crippen LogP contribution in [0.25, 0.3) is 120 Å². The molecule has 4 nitrogen and oxygen atoms in total. The second-order valence-electron chi connectivity index (χ2n) is 23.3. The van der Waals surface area contributed by atoms with Gasteiger partial charge in [-0.1, -0.05) is 267 Å². The summed E-state index contributed by atoms with van der Waals surface area (Å²) in [6.07, 6.45) is 0. The molecule has 5 heteroatoms. The van der Waals surface area contributed by atoms with Crippen LogP contribution >= 0.6 is 15.9 Å². The molecular formula is C88H61BrN4. The predicted molar refractivity (Wildman–Crippen MR) is 401 cm³/mol. The number of hydrogen-bond donors (Lipinski definition) is 1. The van der Waals surface area contributed by atoms with E-state index in [2.05, 4.69) is 381 Å². The van der Waals surface area contributed by atoms with Crippen LogP contribution in [0.2, 0.25) is 0 Å². The highest BCUT2D eigenvalue weighted by atomic mass is 79.9. The maximum Gasteiger partial charge on any atom is 0.0618 e. The Hall–Kier alpha value is -11.8. The van der Waals surface area contributed by atoms with Crippen molar-refractivity contribution in [2.45, 2.75) is 0 Å². The van der Waals surface area contributed by atoms with Crippen molar-refractivity contribution in [3.05, 3.63) is 368 Å². The Morgan fingerprint density at radius 3 is 1.03 bits per heavy atom. The molecule has 0 amide bonds. The lowest BCUT2D eigenvalue weighted by Crippen LogP contribution is -2.11. The highest BCUT2D eigenvalue weighted by molar-refractivity contribution is 9.10. The van der Waals surface area contributed by atoms with E-state index in [4.69, 9.17) is 0 Å². The Morgan fingerprint density at radius 1 is 0.237 bits per heavy atom. The molecule has 0 aliphatic rings. The van der Waals surface area contributed by atoms with E-state index in [0.29, 0.717) is 0 Å². The molecule has 2 heterocycles. The zero-order valence-electron chi connectivity index (χ0n) is 50.9. The van der Waals surface area contributed by atoms with E-state index in [9.17, 15) is 0 Å². The van der Waals surface area contributed by atoms with E-state index in [1.165, 1.54) is 125 Å². The molecule has 0 saturated heterocycles. The van der Waals surface area contributed by atoms with Crippen LogP contribution in [0.4, 0.5) is 28.4 Å². The van der Waals surface area contributed by atoms with Crippen molar-refractivity contribution in [2.24, 2.45) is 0 Å². The van der Waals surface area contributed by atoms with Gasteiger partial charge in [0.05, 0.1) is 27.8 Å². The number of nitrogens with one attached hydrogen (secondary N) is 1. The average molecular weight is 1250 g/mol. The van der Waals surface area contributed by atoms with Gasteiger partial charge < -0.3 is 19.4 Å². The van der Waals surface area contributed by atoms with Crippen LogP contribution in [0.1, 0.15) is 0 Å². The summed E-state index contributed by atoms with van der Waals surface area (Å²) in [6, 6.07) is 129. The largest absolute Gasteiger partial charge is 0.356 e. The van der Waals surface area contributed by atoms with Crippen molar-refractivity contribution in [1.82, 2.24) is 9.13 Å². The van der Waals surface area contributed by atoms with Crippen LogP contribution < -0.4 is 10.2 Å². The zero-order chi connectivity index (χ0) is 62.0. The predicted octanol–water partition coefficient (Wildman–Crippen LogP) is 25.2. The molecule has 1 N–H and O–H groups in total. The lowest BCUT2D eigenvalue weighted by molar-refractivity contribution is 1.18. The van der Waals surface area contributed by atoms with Crippen LogP contribution in [0.15, 0.2) is 368 Å². The zero-order valence-corrected chi connectivity index (χ0v) is 52.4. The topological polar surface area (TPSA) is 25.1 Å². The third kappa shape index (κ3) is 10.5. The monoisotopic (exact) mass is 1250 g/mol. The Kier molecular flexibility index (Phi) is 15.1. The molecule has 93 heavy (non-hydrogen) atoms. The summed E-state index contributed by atoms with van der Waals surface area (Å²) in [5.74, 6) is 0. The van der Waals surface area contributed by atoms with E-state index < -0.39 is 0 Å². The summed E-state index contributed by atoms with van der Waals surface area (Å²) >= 11 is 3.79. The number of benzene rings is 16. The lowest BCUT2D eigenvalue weighted by Gasteiger charge is -2.29. The van der Waals surface area contributed by atoms with Crippen molar-refractivity contribution >= 4 is 131 Å². The Bertz CT molecular complexity index is 5600. The Balaban J connectivity index is 0.000000123. The maximum atomic E-state index is 3.79. The first-order valence-electron chi connectivity index (χ1n) is 31.6. The first kappa shape index (κ1) is 56.5. The van der Waals surface area contributed by atoms with Gasteiger partial charge in [0.25, 0.3) is 0 Å². The van der Waals surface area contributed by atoms with E-state index in [0.717, 1.165) is 28.4 Å². The van der Waals surface area contributed by atoms with Gasteiger partial charge in [-0.2, -0.15) is 0 Å². The second kappa shape index (κ2) is 24.9. The van der Waals surface area contributed by atoms with Gasteiger partial charge in [-0.25, -0.2) is 0 Å². The normalized spacial score (nSPS) is 11.3. The number of rotatable bonds is 9. The summed E-state index contributed by atoms with van der Waals surface area (Å²) in [4.78, 5) is 2.45. The standard InChI is InChI=1S/C44H30N2.C24H18N2.C20H13Br/c1-4-16-31(17-5-1)43-36-23-10-12-25-38(36)44(39-26-13-11-24-37(39)43)45(32-18-6-2-7-19-32)34-28-29-42-40(30-34)35-22-14-15-27-41(35)46(42)33-20-8-3-9-21-33;1-3-9-18(10-4-1)25-19-15-16-24-22(17-19)21-13-7-8-14-23(21)26(24)20-11-5-2-6-12-20;21-20-17-12-6-4-10-15(17)19(14-8-2-1-3-9-14)16-11-5-7-13-18(16)20/h1-30H;1-17,25H;1-13H. The van der Waals surface area contributed by atoms with E-state index in [1.807, 2.05) is 18.2 Å². The molecule has 0 bridgehead atoms. The van der Waals surface area contributed by atoms with Gasteiger partial charge in [-0.05, 0) is 168 Å². The fraction of sp³-hybridized carbons (Fsp3) is 0. The van der Waals surface area contributed by atoms with Crippen molar-refractivity contribution in [3.63, 3.8) is 0 Å². The van der Waals surface area contributed by atoms with Gasteiger partial charge >= 0.3 is 0 Å². The summed E-state index contributed by atoms with van der Waals surface area (Å²) in [7, 11) is 0. The fourth-order valence-corrected chi connectivity index (χ4v) is 14.5. The van der Waals surface area contributed by atoms with Crippen LogP contribution in [0.3, 0.4) is 0 Å². The minimum absolute atomic E-state index is 1.10. The van der Waals surface area contributed by atoms with Gasteiger partial charge in [0.2, 0.25) is 0 Å². The maximum absolute atomic E-state index is 3.79. The molecule has 0 spiro atoms. The molecule has 0 saturated carbocycles. The van der Waals surface area contributed by atoms with Crippen LogP contribution in [-0.2, 0) is 0 Å². The molecule has 16 aromatic carbocycles. The molecule has 0 atom stereocenters. The second-order valence-corrected chi connectivity index (χ2v) is 24.1. The number of para-hydroxylation sites is 6. The smallest absolute Gasteiger partial charge is 0.0618 e. The van der Waals surface area contributed by atoms with Crippen molar-refractivity contribution in [2.75, 3.05) is 10.2 Å². The van der Waals surface area contributed by atoms with Crippen LogP contribution in [-0.4, -0.2) is 9.13 Å². The molecule has 440 valence electrons. The average Bonchev–Trinajstić information content (AvgIpc) is 1.82. The Labute approximate surface area is 548 Å². The number of fused-ring (bicyclic) bond motifs is 10. The molecular weight excluding hydrogens is 1190 g/mol. The molecule has 18 aromatic rings. The molecule has 0 aliphatic heterocycles. The van der Waals surface area contributed by atoms with Crippen molar-refractivity contribution in [3.8, 4) is 33.6 Å². The van der Waals surface area contributed by atoms with Gasteiger partial charge in [0, 0.05) is 70.9 Å². The van der Waals surface area contributed by atoms with Crippen molar-refractivity contribution in [1.29, 1.82) is 0 Å². The first-order valence-corrected chi connectivity index (χ1v) is 32.4. The highest BCUT2D eigenvalue weighted by Gasteiger charge is 2.24. The number of hydrogen-bond acceptors (Lipinski definition) is 2. The lowest BCUT2D eigenvalue weighted by atomic mass is 9.90. The molecule has 18 rings (SSSR count). The van der Waals surface area contributed by atoms with Gasteiger partial charge in [-0.15, -0.1) is 0 Å². The summed E-state index contributed by atoms with van der Waals surface area (Å²) in [5.41, 5.74) is 17.9. The van der Waals surface area contributed by atoms with Gasteiger partial charge in [0.15, 0.2) is 0 Å². The summed E-state index contributed by atoms with van der Waals surface area (Å²) in [6.45, 7) is 0. The third-order valence-electron chi connectivity index (χ3n) is 17.8. The number of aromatic nitrogens is 2. The summed E-state index contributed by atoms with van der Waals surface area (Å²) < 4.78 is 5.88. The number of nitrogens with zero attached hydrogens (tertiary/aromatic N) is 3. The van der Waals surface area contributed by atoms with E-state index >= 15 is 0 Å². The molecule has 0 fully saturated rings. The fourth-order valence-electron chi connectivity index (χ4n) is 13.8. The SMILES string of the molecule is Brc1c2ccccc2c(-c2ccccc2)c2ccccc12.c1ccc(-c2c3ccccc3c(N(c3ccccc3)c3ccc4c(c3)c3ccccc3n4-c3ccccc3)c3ccccc23)cc1.c1ccc(Nc2ccc3c(c2)c2ccccc2n3-c2ccccc2)cc1. The van der Waals surface area contributed by atoms with Crippen LogP contribution in [0, 0.1) is 0 Å². The van der Waals surface area contributed by atoms with Gasteiger partial charge in [-0.3, -0.25) is 0 Å². The van der Waals surface area contributed by atoms with E-state index in [-0.39, 0.29) is 0 Å². The van der Waals surface area contributed by atoms with Gasteiger partial charge in [0.1, 0.15) is 0 Å². The molecule has 0 unspecified atom stereocenters.